The Morgan fingerprint density at radius 3 is 1.06 bits per heavy atom. The molecule has 0 amide bonds. The quantitative estimate of drug-likeness (QED) is 0.120. The molecule has 0 aliphatic heterocycles. The van der Waals surface area contributed by atoms with Crippen LogP contribution in [0.3, 0.4) is 0 Å². The number of aliphatic hydroxyl groups is 1. The highest BCUT2D eigenvalue weighted by Gasteiger charge is 2.53. The van der Waals surface area contributed by atoms with Gasteiger partial charge in [-0.15, -0.1) is 0 Å². The molecule has 1 aliphatic rings. The number of hydrogen-bond acceptors (Lipinski definition) is 6. The summed E-state index contributed by atoms with van der Waals surface area (Å²) < 4.78 is 33.1. The van der Waals surface area contributed by atoms with E-state index in [0.29, 0.717) is 39.6 Å². The van der Waals surface area contributed by atoms with E-state index in [1.54, 1.807) is 0 Å². The van der Waals surface area contributed by atoms with Gasteiger partial charge in [-0.1, -0.05) is 152 Å². The lowest BCUT2D eigenvalue weighted by Gasteiger charge is -2.48. The number of ether oxygens (including phenoxy) is 5. The summed E-state index contributed by atoms with van der Waals surface area (Å²) in [5, 5.41) is 12.2. The van der Waals surface area contributed by atoms with E-state index in [2.05, 4.69) is 0 Å². The van der Waals surface area contributed by atoms with Gasteiger partial charge in [0, 0.05) is 5.92 Å². The van der Waals surface area contributed by atoms with Gasteiger partial charge in [0.05, 0.1) is 51.8 Å². The molecule has 5 aromatic rings. The minimum absolute atomic E-state index is 0.293. The van der Waals surface area contributed by atoms with Gasteiger partial charge in [0.2, 0.25) is 0 Å². The fourth-order valence-corrected chi connectivity index (χ4v) is 6.22. The third-order valence-electron chi connectivity index (χ3n) is 8.73. The third kappa shape index (κ3) is 9.48. The summed E-state index contributed by atoms with van der Waals surface area (Å²) in [5.41, 5.74) is 5.15. The SMILES string of the molecule is O[C@@H]1[C@H](OCc2ccccc2)[C@@H](COCc2ccccc2)[C@@H](OCc2ccccc2)[C@H](OCc2ccccc2)[C@H]1OCc1ccccc1. The smallest absolute Gasteiger partial charge is 0.115 e. The average molecular weight is 645 g/mol. The van der Waals surface area contributed by atoms with E-state index in [1.165, 1.54) is 0 Å². The Bertz CT molecular complexity index is 1590. The van der Waals surface area contributed by atoms with Gasteiger partial charge in [-0.3, -0.25) is 0 Å². The molecule has 0 spiro atoms. The second-order valence-corrected chi connectivity index (χ2v) is 12.2. The fraction of sp³-hybridized carbons (Fsp3) is 0.286. The van der Waals surface area contributed by atoms with Crippen LogP contribution < -0.4 is 0 Å². The van der Waals surface area contributed by atoms with Crippen LogP contribution in [0.5, 0.6) is 0 Å². The van der Waals surface area contributed by atoms with E-state index < -0.39 is 30.5 Å². The maximum atomic E-state index is 12.2. The number of rotatable bonds is 16. The van der Waals surface area contributed by atoms with E-state index in [0.717, 1.165) is 27.8 Å². The molecule has 0 radical (unpaired) electrons. The summed E-state index contributed by atoms with van der Waals surface area (Å²) in [4.78, 5) is 0. The Morgan fingerprint density at radius 2 is 0.667 bits per heavy atom. The van der Waals surface area contributed by atoms with E-state index in [-0.39, 0.29) is 5.92 Å². The number of benzene rings is 5. The highest BCUT2D eigenvalue weighted by molar-refractivity contribution is 5.18. The zero-order valence-electron chi connectivity index (χ0n) is 27.1. The molecule has 1 N–H and O–H groups in total. The standard InChI is InChI=1S/C42H44O6/c43-38-39(45-27-33-18-8-2-9-19-33)37(31-44-26-32-16-6-1-7-17-32)40(46-28-34-20-10-3-11-21-34)42(48-30-36-24-14-5-15-25-36)41(38)47-29-35-22-12-4-13-23-35/h1-25,37-43H,26-31H2/t37-,38-,39-,40-,41+,42+/m1/s1. The lowest BCUT2D eigenvalue weighted by Crippen LogP contribution is -2.64. The zero-order chi connectivity index (χ0) is 32.8. The lowest BCUT2D eigenvalue weighted by molar-refractivity contribution is -0.265. The van der Waals surface area contributed by atoms with Gasteiger partial charge >= 0.3 is 0 Å². The van der Waals surface area contributed by atoms with Crippen molar-refractivity contribution in [1.29, 1.82) is 0 Å². The first-order chi connectivity index (χ1) is 23.7. The molecule has 0 aromatic heterocycles. The first-order valence-electron chi connectivity index (χ1n) is 16.7. The fourth-order valence-electron chi connectivity index (χ4n) is 6.22. The van der Waals surface area contributed by atoms with Crippen molar-refractivity contribution in [3.8, 4) is 0 Å². The first-order valence-corrected chi connectivity index (χ1v) is 16.7. The zero-order valence-corrected chi connectivity index (χ0v) is 27.1. The van der Waals surface area contributed by atoms with Gasteiger partial charge in [-0.2, -0.15) is 0 Å². The Hall–Kier alpha value is -4.14. The Balaban J connectivity index is 1.33. The molecule has 1 fully saturated rings. The van der Waals surface area contributed by atoms with Crippen LogP contribution in [0.1, 0.15) is 27.8 Å². The normalized spacial score (nSPS) is 22.4. The highest BCUT2D eigenvalue weighted by Crippen LogP contribution is 2.36. The van der Waals surface area contributed by atoms with Gasteiger partial charge < -0.3 is 28.8 Å². The van der Waals surface area contributed by atoms with Crippen LogP contribution in [0.15, 0.2) is 152 Å². The van der Waals surface area contributed by atoms with Crippen molar-refractivity contribution in [3.63, 3.8) is 0 Å². The first kappa shape index (κ1) is 33.7. The summed E-state index contributed by atoms with van der Waals surface area (Å²) in [6.07, 6.45) is -3.54. The molecule has 6 heteroatoms. The highest BCUT2D eigenvalue weighted by atomic mass is 16.6. The lowest BCUT2D eigenvalue weighted by atomic mass is 9.78. The van der Waals surface area contributed by atoms with Gasteiger partial charge in [0.1, 0.15) is 18.3 Å². The molecule has 1 aliphatic carbocycles. The summed E-state index contributed by atoms with van der Waals surface area (Å²) >= 11 is 0. The van der Waals surface area contributed by atoms with Crippen molar-refractivity contribution in [2.24, 2.45) is 5.92 Å². The van der Waals surface area contributed by atoms with Crippen LogP contribution in [0, 0.1) is 5.92 Å². The van der Waals surface area contributed by atoms with Gasteiger partial charge in [0.25, 0.3) is 0 Å². The monoisotopic (exact) mass is 644 g/mol. The Labute approximate surface area is 283 Å². The van der Waals surface area contributed by atoms with E-state index in [4.69, 9.17) is 23.7 Å². The Kier molecular flexibility index (Phi) is 12.6. The van der Waals surface area contributed by atoms with Crippen molar-refractivity contribution in [1.82, 2.24) is 0 Å². The van der Waals surface area contributed by atoms with Crippen molar-refractivity contribution in [2.45, 2.75) is 63.6 Å². The predicted molar refractivity (Wildman–Crippen MR) is 186 cm³/mol. The minimum atomic E-state index is -1.01. The molecule has 6 nitrogen and oxygen atoms in total. The van der Waals surface area contributed by atoms with Gasteiger partial charge in [0.15, 0.2) is 0 Å². The maximum Gasteiger partial charge on any atom is 0.115 e. The average Bonchev–Trinajstić information content (AvgIpc) is 3.15. The van der Waals surface area contributed by atoms with Crippen LogP contribution in [0.2, 0.25) is 0 Å². The summed E-state index contributed by atoms with van der Waals surface area (Å²) in [7, 11) is 0. The van der Waals surface area contributed by atoms with Crippen LogP contribution in [-0.4, -0.2) is 42.2 Å². The van der Waals surface area contributed by atoms with E-state index in [1.807, 2.05) is 152 Å². The third-order valence-corrected chi connectivity index (χ3v) is 8.73. The molecule has 248 valence electrons. The molecule has 0 heterocycles. The molecular formula is C42H44O6. The summed E-state index contributed by atoms with van der Waals surface area (Å²) in [6, 6.07) is 50.2. The molecule has 5 aromatic carbocycles. The molecule has 48 heavy (non-hydrogen) atoms. The van der Waals surface area contributed by atoms with Crippen molar-refractivity contribution >= 4 is 0 Å². The van der Waals surface area contributed by atoms with Crippen molar-refractivity contribution < 1.29 is 28.8 Å². The molecule has 0 unspecified atom stereocenters. The topological polar surface area (TPSA) is 66.4 Å². The van der Waals surface area contributed by atoms with Crippen molar-refractivity contribution in [3.05, 3.63) is 179 Å². The van der Waals surface area contributed by atoms with Crippen molar-refractivity contribution in [2.75, 3.05) is 6.61 Å². The van der Waals surface area contributed by atoms with Crippen LogP contribution >= 0.6 is 0 Å². The van der Waals surface area contributed by atoms with Crippen LogP contribution in [0.25, 0.3) is 0 Å². The molecule has 1 saturated carbocycles. The number of aliphatic hydroxyl groups excluding tert-OH is 1. The second-order valence-electron chi connectivity index (χ2n) is 12.2. The molecule has 6 atom stereocenters. The molecule has 0 bridgehead atoms. The van der Waals surface area contributed by atoms with Crippen LogP contribution in [0.4, 0.5) is 0 Å². The second kappa shape index (κ2) is 17.9. The molecule has 6 rings (SSSR count). The Morgan fingerprint density at radius 1 is 0.354 bits per heavy atom. The summed E-state index contributed by atoms with van der Waals surface area (Å²) in [5.74, 6) is -0.367. The summed E-state index contributed by atoms with van der Waals surface area (Å²) in [6.45, 7) is 2.04. The maximum absolute atomic E-state index is 12.2. The van der Waals surface area contributed by atoms with E-state index in [9.17, 15) is 5.11 Å². The van der Waals surface area contributed by atoms with Gasteiger partial charge in [-0.25, -0.2) is 0 Å². The van der Waals surface area contributed by atoms with E-state index >= 15 is 0 Å². The van der Waals surface area contributed by atoms with Gasteiger partial charge in [-0.05, 0) is 27.8 Å². The number of hydrogen-bond donors (Lipinski definition) is 1. The minimum Gasteiger partial charge on any atom is -0.388 e. The molecular weight excluding hydrogens is 600 g/mol. The predicted octanol–water partition coefficient (Wildman–Crippen LogP) is 7.54. The largest absolute Gasteiger partial charge is 0.388 e. The molecule has 0 saturated heterocycles. The van der Waals surface area contributed by atoms with Crippen LogP contribution in [-0.2, 0) is 56.7 Å².